The molecule has 4 nitrogen and oxygen atoms in total. The van der Waals surface area contributed by atoms with Gasteiger partial charge in [-0.1, -0.05) is 48.5 Å². The Morgan fingerprint density at radius 1 is 1.08 bits per heavy atom. The van der Waals surface area contributed by atoms with Crippen LogP contribution in [0.5, 0.6) is 0 Å². The first-order chi connectivity index (χ1) is 11.7. The molecule has 1 heterocycles. The zero-order chi connectivity index (χ0) is 16.9. The molecule has 0 amide bonds. The van der Waals surface area contributed by atoms with Gasteiger partial charge < -0.3 is 14.6 Å². The van der Waals surface area contributed by atoms with E-state index < -0.39 is 0 Å². The van der Waals surface area contributed by atoms with Gasteiger partial charge in [-0.2, -0.15) is 0 Å². The van der Waals surface area contributed by atoms with Crippen LogP contribution in [-0.2, 0) is 17.7 Å². The normalized spacial score (nSPS) is 11.1. The summed E-state index contributed by atoms with van der Waals surface area (Å²) >= 11 is 0. The van der Waals surface area contributed by atoms with Crippen LogP contribution in [-0.4, -0.2) is 36.6 Å². The number of nitrogens with one attached hydrogen (secondary N) is 1. The van der Waals surface area contributed by atoms with E-state index in [1.807, 2.05) is 30.3 Å². The van der Waals surface area contributed by atoms with Gasteiger partial charge in [-0.3, -0.25) is 0 Å². The second kappa shape index (κ2) is 7.32. The third kappa shape index (κ3) is 3.49. The predicted molar refractivity (Wildman–Crippen MR) is 96.1 cm³/mol. The molecule has 0 unspecified atom stereocenters. The van der Waals surface area contributed by atoms with Crippen molar-refractivity contribution in [3.63, 3.8) is 0 Å². The zero-order valence-corrected chi connectivity index (χ0v) is 14.1. The Balaban J connectivity index is 1.79. The van der Waals surface area contributed by atoms with Crippen LogP contribution in [0.25, 0.3) is 10.9 Å². The number of para-hydroxylation sites is 1. The number of benzene rings is 2. The minimum Gasteiger partial charge on any atom is -0.464 e. The van der Waals surface area contributed by atoms with Gasteiger partial charge in [0, 0.05) is 29.6 Å². The molecule has 1 N–H and O–H groups in total. The fourth-order valence-corrected chi connectivity index (χ4v) is 2.95. The Labute approximate surface area is 142 Å². The number of carbonyl (C=O) groups is 1. The maximum Gasteiger partial charge on any atom is 0.354 e. The van der Waals surface area contributed by atoms with E-state index in [0.29, 0.717) is 12.2 Å². The van der Waals surface area contributed by atoms with E-state index in [-0.39, 0.29) is 5.97 Å². The highest BCUT2D eigenvalue weighted by molar-refractivity contribution is 5.98. The lowest BCUT2D eigenvalue weighted by Gasteiger charge is -2.17. The van der Waals surface area contributed by atoms with Gasteiger partial charge in [0.15, 0.2) is 0 Å². The minimum atomic E-state index is -0.322. The van der Waals surface area contributed by atoms with Crippen LogP contribution in [0.4, 0.5) is 0 Å². The van der Waals surface area contributed by atoms with Gasteiger partial charge in [0.2, 0.25) is 0 Å². The third-order valence-corrected chi connectivity index (χ3v) is 4.26. The Hall–Kier alpha value is -2.59. The molecule has 0 radical (unpaired) electrons. The van der Waals surface area contributed by atoms with Gasteiger partial charge in [-0.25, -0.2) is 4.79 Å². The van der Waals surface area contributed by atoms with Crippen molar-refractivity contribution in [1.29, 1.82) is 0 Å². The molecule has 0 fully saturated rings. The average molecular weight is 322 g/mol. The van der Waals surface area contributed by atoms with E-state index >= 15 is 0 Å². The van der Waals surface area contributed by atoms with Crippen molar-refractivity contribution < 1.29 is 9.53 Å². The molecule has 0 atom stereocenters. The van der Waals surface area contributed by atoms with Crippen molar-refractivity contribution in [1.82, 2.24) is 9.88 Å². The SMILES string of the molecule is COC(=O)c1[nH]c2ccccc2c1CN(C)CCc1ccccc1. The predicted octanol–water partition coefficient (Wildman–Crippen LogP) is 3.63. The van der Waals surface area contributed by atoms with Crippen molar-refractivity contribution in [2.45, 2.75) is 13.0 Å². The van der Waals surface area contributed by atoms with Gasteiger partial charge in [0.1, 0.15) is 5.69 Å². The molecule has 4 heteroatoms. The number of rotatable bonds is 6. The minimum absolute atomic E-state index is 0.322. The molecule has 124 valence electrons. The molecule has 0 aliphatic rings. The second-order valence-electron chi connectivity index (χ2n) is 5.99. The van der Waals surface area contributed by atoms with E-state index in [0.717, 1.165) is 29.4 Å². The summed E-state index contributed by atoms with van der Waals surface area (Å²) < 4.78 is 4.93. The Kier molecular flexibility index (Phi) is 4.96. The summed E-state index contributed by atoms with van der Waals surface area (Å²) in [5.41, 5.74) is 3.82. The smallest absolute Gasteiger partial charge is 0.354 e. The summed E-state index contributed by atoms with van der Waals surface area (Å²) in [6, 6.07) is 18.4. The van der Waals surface area contributed by atoms with E-state index in [1.54, 1.807) is 0 Å². The number of aromatic nitrogens is 1. The number of nitrogens with zero attached hydrogens (tertiary/aromatic N) is 1. The molecular weight excluding hydrogens is 300 g/mol. The lowest BCUT2D eigenvalue weighted by molar-refractivity contribution is 0.0593. The highest BCUT2D eigenvalue weighted by Gasteiger charge is 2.19. The third-order valence-electron chi connectivity index (χ3n) is 4.26. The first-order valence-electron chi connectivity index (χ1n) is 8.09. The molecular formula is C20H22N2O2. The average Bonchev–Trinajstić information content (AvgIpc) is 2.99. The zero-order valence-electron chi connectivity index (χ0n) is 14.1. The van der Waals surface area contributed by atoms with Crippen LogP contribution in [0.15, 0.2) is 54.6 Å². The summed E-state index contributed by atoms with van der Waals surface area (Å²) in [6.07, 6.45) is 0.979. The molecule has 3 aromatic rings. The van der Waals surface area contributed by atoms with Crippen LogP contribution >= 0.6 is 0 Å². The number of aromatic amines is 1. The monoisotopic (exact) mass is 322 g/mol. The van der Waals surface area contributed by atoms with Gasteiger partial charge in [-0.15, -0.1) is 0 Å². The molecule has 0 aliphatic carbocycles. The first-order valence-corrected chi connectivity index (χ1v) is 8.09. The number of esters is 1. The van der Waals surface area contributed by atoms with Crippen molar-refractivity contribution >= 4 is 16.9 Å². The van der Waals surface area contributed by atoms with E-state index in [1.165, 1.54) is 12.7 Å². The van der Waals surface area contributed by atoms with Crippen molar-refractivity contribution in [2.75, 3.05) is 20.7 Å². The molecule has 0 aliphatic heterocycles. The number of ether oxygens (including phenoxy) is 1. The number of fused-ring (bicyclic) bond motifs is 1. The Morgan fingerprint density at radius 3 is 2.54 bits per heavy atom. The molecule has 3 rings (SSSR count). The highest BCUT2D eigenvalue weighted by atomic mass is 16.5. The number of hydrogen-bond donors (Lipinski definition) is 1. The number of H-pyrrole nitrogens is 1. The molecule has 2 aromatic carbocycles. The van der Waals surface area contributed by atoms with Crippen molar-refractivity contribution in [2.24, 2.45) is 0 Å². The Bertz CT molecular complexity index is 824. The lowest BCUT2D eigenvalue weighted by Crippen LogP contribution is -2.22. The number of likely N-dealkylation sites (N-methyl/N-ethyl adjacent to an activating group) is 1. The van der Waals surface area contributed by atoms with Crippen LogP contribution in [0.1, 0.15) is 21.6 Å². The van der Waals surface area contributed by atoms with E-state index in [2.05, 4.69) is 41.2 Å². The topological polar surface area (TPSA) is 45.3 Å². The number of hydrogen-bond acceptors (Lipinski definition) is 3. The largest absolute Gasteiger partial charge is 0.464 e. The molecule has 0 spiro atoms. The molecule has 1 aromatic heterocycles. The molecule has 0 bridgehead atoms. The molecule has 0 saturated heterocycles. The summed E-state index contributed by atoms with van der Waals surface area (Å²) in [5, 5.41) is 1.07. The fraction of sp³-hybridized carbons (Fsp3) is 0.250. The summed E-state index contributed by atoms with van der Waals surface area (Å²) in [6.45, 7) is 1.62. The van der Waals surface area contributed by atoms with Crippen molar-refractivity contribution in [3.8, 4) is 0 Å². The van der Waals surface area contributed by atoms with Crippen LogP contribution in [0.3, 0.4) is 0 Å². The van der Waals surface area contributed by atoms with Crippen molar-refractivity contribution in [3.05, 3.63) is 71.4 Å². The van der Waals surface area contributed by atoms with Crippen LogP contribution < -0.4 is 0 Å². The standard InChI is InChI=1S/C20H22N2O2/c1-22(13-12-15-8-4-3-5-9-15)14-17-16-10-6-7-11-18(16)21-19(17)20(23)24-2/h3-11,21H,12-14H2,1-2H3. The van der Waals surface area contributed by atoms with Crippen LogP contribution in [0, 0.1) is 0 Å². The molecule has 24 heavy (non-hydrogen) atoms. The number of carbonyl (C=O) groups excluding carboxylic acids is 1. The van der Waals surface area contributed by atoms with E-state index in [9.17, 15) is 4.79 Å². The van der Waals surface area contributed by atoms with Gasteiger partial charge in [0.05, 0.1) is 7.11 Å². The first kappa shape index (κ1) is 16.3. The molecule has 0 saturated carbocycles. The highest BCUT2D eigenvalue weighted by Crippen LogP contribution is 2.24. The van der Waals surface area contributed by atoms with E-state index in [4.69, 9.17) is 4.74 Å². The van der Waals surface area contributed by atoms with Gasteiger partial charge in [-0.05, 0) is 25.1 Å². The summed E-state index contributed by atoms with van der Waals surface area (Å²) in [5.74, 6) is -0.322. The second-order valence-corrected chi connectivity index (χ2v) is 5.99. The fourth-order valence-electron chi connectivity index (χ4n) is 2.95. The maximum absolute atomic E-state index is 12.1. The Morgan fingerprint density at radius 2 is 1.79 bits per heavy atom. The maximum atomic E-state index is 12.1. The lowest BCUT2D eigenvalue weighted by atomic mass is 10.1. The van der Waals surface area contributed by atoms with Gasteiger partial charge in [0.25, 0.3) is 0 Å². The van der Waals surface area contributed by atoms with Gasteiger partial charge >= 0.3 is 5.97 Å². The summed E-state index contributed by atoms with van der Waals surface area (Å²) in [4.78, 5) is 17.5. The number of methoxy groups -OCH3 is 1. The quantitative estimate of drug-likeness (QED) is 0.705. The van der Waals surface area contributed by atoms with Crippen LogP contribution in [0.2, 0.25) is 0 Å². The summed E-state index contributed by atoms with van der Waals surface area (Å²) in [7, 11) is 3.49.